The Bertz CT molecular complexity index is 702. The molecular formula is C14H10ClNO5. The fourth-order valence-electron chi connectivity index (χ4n) is 1.78. The van der Waals surface area contributed by atoms with E-state index in [-0.39, 0.29) is 34.2 Å². The van der Waals surface area contributed by atoms with Gasteiger partial charge in [-0.1, -0.05) is 29.8 Å². The zero-order chi connectivity index (χ0) is 15.4. The summed E-state index contributed by atoms with van der Waals surface area (Å²) < 4.78 is 5.39. The molecule has 0 unspecified atom stereocenters. The van der Waals surface area contributed by atoms with Crippen LogP contribution >= 0.6 is 11.6 Å². The largest absolute Gasteiger partial charge is 0.488 e. The Morgan fingerprint density at radius 3 is 2.62 bits per heavy atom. The molecule has 0 atom stereocenters. The molecule has 2 rings (SSSR count). The van der Waals surface area contributed by atoms with Crippen LogP contribution in [0.5, 0.6) is 5.75 Å². The second-order valence-electron chi connectivity index (χ2n) is 4.08. The second kappa shape index (κ2) is 6.23. The van der Waals surface area contributed by atoms with Crippen molar-refractivity contribution in [2.24, 2.45) is 0 Å². The predicted molar refractivity (Wildman–Crippen MR) is 75.8 cm³/mol. The van der Waals surface area contributed by atoms with Crippen LogP contribution in [0.4, 0.5) is 5.69 Å². The number of nitro benzene ring substituents is 1. The number of carboxylic acid groups (broad SMARTS) is 1. The molecule has 108 valence electrons. The van der Waals surface area contributed by atoms with Crippen LogP contribution in [0.15, 0.2) is 42.5 Å². The molecule has 1 N–H and O–H groups in total. The molecule has 0 aliphatic carbocycles. The normalized spacial score (nSPS) is 10.1. The summed E-state index contributed by atoms with van der Waals surface area (Å²) in [5, 5.41) is 20.2. The van der Waals surface area contributed by atoms with Gasteiger partial charge in [0.15, 0.2) is 0 Å². The number of carboxylic acids is 1. The summed E-state index contributed by atoms with van der Waals surface area (Å²) >= 11 is 5.94. The molecule has 6 nitrogen and oxygen atoms in total. The van der Waals surface area contributed by atoms with Crippen LogP contribution < -0.4 is 4.74 Å². The molecule has 7 heteroatoms. The first-order valence-electron chi connectivity index (χ1n) is 5.87. The van der Waals surface area contributed by atoms with E-state index >= 15 is 0 Å². The van der Waals surface area contributed by atoms with Gasteiger partial charge < -0.3 is 9.84 Å². The number of carbonyl (C=O) groups is 1. The standard InChI is InChI=1S/C14H10ClNO5/c15-11-5-3-6-12(16(19)20)10(11)8-21-13-7-2-1-4-9(13)14(17)18/h1-7H,8H2,(H,17,18). The molecule has 0 bridgehead atoms. The van der Waals surface area contributed by atoms with E-state index in [1.165, 1.54) is 30.3 Å². The summed E-state index contributed by atoms with van der Waals surface area (Å²) in [5.74, 6) is -1.02. The molecule has 0 saturated heterocycles. The third kappa shape index (κ3) is 3.29. The smallest absolute Gasteiger partial charge is 0.339 e. The second-order valence-corrected chi connectivity index (χ2v) is 4.49. The lowest BCUT2D eigenvalue weighted by Crippen LogP contribution is -2.05. The van der Waals surface area contributed by atoms with Gasteiger partial charge in [-0.2, -0.15) is 0 Å². The Hall–Kier alpha value is -2.60. The maximum absolute atomic E-state index is 11.1. The number of hydrogen-bond acceptors (Lipinski definition) is 4. The van der Waals surface area contributed by atoms with Crippen LogP contribution in [0.25, 0.3) is 0 Å². The molecule has 0 aliphatic heterocycles. The predicted octanol–water partition coefficient (Wildman–Crippen LogP) is 3.53. The van der Waals surface area contributed by atoms with E-state index in [1.54, 1.807) is 12.1 Å². The highest BCUT2D eigenvalue weighted by Crippen LogP contribution is 2.28. The first kappa shape index (κ1) is 14.8. The number of nitro groups is 1. The number of para-hydroxylation sites is 1. The lowest BCUT2D eigenvalue weighted by atomic mass is 10.2. The van der Waals surface area contributed by atoms with E-state index in [2.05, 4.69) is 0 Å². The highest BCUT2D eigenvalue weighted by Gasteiger charge is 2.18. The summed E-state index contributed by atoms with van der Waals surface area (Å²) in [6.45, 7) is -0.194. The number of rotatable bonds is 5. The van der Waals surface area contributed by atoms with Crippen molar-refractivity contribution >= 4 is 23.3 Å². The molecule has 21 heavy (non-hydrogen) atoms. The van der Waals surface area contributed by atoms with Crippen molar-refractivity contribution in [1.29, 1.82) is 0 Å². The van der Waals surface area contributed by atoms with Gasteiger partial charge in [-0.25, -0.2) is 4.79 Å². The van der Waals surface area contributed by atoms with Crippen LogP contribution in [0.3, 0.4) is 0 Å². The fraction of sp³-hybridized carbons (Fsp3) is 0.0714. The van der Waals surface area contributed by atoms with Gasteiger partial charge in [-0.05, 0) is 18.2 Å². The van der Waals surface area contributed by atoms with Crippen LogP contribution in [0.2, 0.25) is 5.02 Å². The van der Waals surface area contributed by atoms with E-state index in [0.29, 0.717) is 0 Å². The first-order valence-corrected chi connectivity index (χ1v) is 6.25. The van der Waals surface area contributed by atoms with Gasteiger partial charge in [0, 0.05) is 6.07 Å². The molecule has 0 aromatic heterocycles. The van der Waals surface area contributed by atoms with E-state index in [1.807, 2.05) is 0 Å². The topological polar surface area (TPSA) is 89.7 Å². The van der Waals surface area contributed by atoms with E-state index in [9.17, 15) is 14.9 Å². The number of halogens is 1. The van der Waals surface area contributed by atoms with Gasteiger partial charge in [-0.15, -0.1) is 0 Å². The number of nitrogens with zero attached hydrogens (tertiary/aromatic N) is 1. The van der Waals surface area contributed by atoms with Gasteiger partial charge in [0.1, 0.15) is 17.9 Å². The fourth-order valence-corrected chi connectivity index (χ4v) is 2.00. The molecule has 0 radical (unpaired) electrons. The lowest BCUT2D eigenvalue weighted by Gasteiger charge is -2.10. The minimum atomic E-state index is -1.14. The summed E-state index contributed by atoms with van der Waals surface area (Å²) in [4.78, 5) is 21.5. The molecule has 0 amide bonds. The molecular weight excluding hydrogens is 298 g/mol. The highest BCUT2D eigenvalue weighted by atomic mass is 35.5. The van der Waals surface area contributed by atoms with Gasteiger partial charge >= 0.3 is 5.97 Å². The zero-order valence-corrected chi connectivity index (χ0v) is 11.4. The summed E-state index contributed by atoms with van der Waals surface area (Å²) in [7, 11) is 0. The van der Waals surface area contributed by atoms with Crippen LogP contribution in [0, 0.1) is 10.1 Å². The molecule has 2 aromatic carbocycles. The Balaban J connectivity index is 2.29. The minimum Gasteiger partial charge on any atom is -0.488 e. The number of aromatic carboxylic acids is 1. The minimum absolute atomic E-state index is 0.0211. The molecule has 0 heterocycles. The van der Waals surface area contributed by atoms with E-state index < -0.39 is 10.9 Å². The Morgan fingerprint density at radius 2 is 1.95 bits per heavy atom. The first-order chi connectivity index (χ1) is 10.0. The maximum Gasteiger partial charge on any atom is 0.339 e. The molecule has 0 fully saturated rings. The van der Waals surface area contributed by atoms with Crippen molar-refractivity contribution in [3.8, 4) is 5.75 Å². The molecule has 0 spiro atoms. The van der Waals surface area contributed by atoms with Crippen LogP contribution in [-0.4, -0.2) is 16.0 Å². The van der Waals surface area contributed by atoms with E-state index in [4.69, 9.17) is 21.4 Å². The zero-order valence-electron chi connectivity index (χ0n) is 10.7. The van der Waals surface area contributed by atoms with Gasteiger partial charge in [0.25, 0.3) is 5.69 Å². The third-order valence-corrected chi connectivity index (χ3v) is 3.13. The van der Waals surface area contributed by atoms with Gasteiger partial charge in [0.2, 0.25) is 0 Å². The lowest BCUT2D eigenvalue weighted by molar-refractivity contribution is -0.385. The molecule has 0 saturated carbocycles. The van der Waals surface area contributed by atoms with Crippen molar-refractivity contribution in [2.45, 2.75) is 6.61 Å². The monoisotopic (exact) mass is 307 g/mol. The average molecular weight is 308 g/mol. The Morgan fingerprint density at radius 1 is 1.24 bits per heavy atom. The quantitative estimate of drug-likeness (QED) is 0.674. The SMILES string of the molecule is O=C(O)c1ccccc1OCc1c(Cl)cccc1[N+](=O)[O-]. The highest BCUT2D eigenvalue weighted by molar-refractivity contribution is 6.31. The van der Waals surface area contributed by atoms with Crippen molar-refractivity contribution < 1.29 is 19.6 Å². The van der Waals surface area contributed by atoms with Gasteiger partial charge in [0.05, 0.1) is 15.5 Å². The van der Waals surface area contributed by atoms with Crippen molar-refractivity contribution in [1.82, 2.24) is 0 Å². The van der Waals surface area contributed by atoms with Crippen LogP contribution in [0.1, 0.15) is 15.9 Å². The maximum atomic E-state index is 11.1. The summed E-state index contributed by atoms with van der Waals surface area (Å²) in [6.07, 6.45) is 0. The number of benzene rings is 2. The Kier molecular flexibility index (Phi) is 4.39. The molecule has 2 aromatic rings. The average Bonchev–Trinajstić information content (AvgIpc) is 2.45. The summed E-state index contributed by atoms with van der Waals surface area (Å²) in [6, 6.07) is 10.3. The Labute approximate surface area is 124 Å². The van der Waals surface area contributed by atoms with Crippen molar-refractivity contribution in [3.63, 3.8) is 0 Å². The van der Waals surface area contributed by atoms with Crippen molar-refractivity contribution in [3.05, 3.63) is 68.7 Å². The van der Waals surface area contributed by atoms with E-state index in [0.717, 1.165) is 0 Å². The number of hydrogen-bond donors (Lipinski definition) is 1. The van der Waals surface area contributed by atoms with Gasteiger partial charge in [-0.3, -0.25) is 10.1 Å². The van der Waals surface area contributed by atoms with Crippen LogP contribution in [-0.2, 0) is 6.61 Å². The summed E-state index contributed by atoms with van der Waals surface area (Å²) in [5.41, 5.74) is 0.00636. The van der Waals surface area contributed by atoms with Crippen molar-refractivity contribution in [2.75, 3.05) is 0 Å². The molecule has 0 aliphatic rings. The number of ether oxygens (including phenoxy) is 1. The third-order valence-electron chi connectivity index (χ3n) is 2.78.